The first-order valence-corrected chi connectivity index (χ1v) is 7.48. The Morgan fingerprint density at radius 2 is 2.05 bits per heavy atom. The summed E-state index contributed by atoms with van der Waals surface area (Å²) in [5.41, 5.74) is 6.52. The molecule has 0 saturated heterocycles. The largest absolute Gasteiger partial charge is 0.329 e. The Kier molecular flexibility index (Phi) is 3.79. The predicted molar refractivity (Wildman–Crippen MR) is 75.7 cm³/mol. The molecule has 2 nitrogen and oxygen atoms in total. The van der Waals surface area contributed by atoms with E-state index in [1.807, 2.05) is 0 Å². The minimum Gasteiger partial charge on any atom is -0.329 e. The predicted octanol–water partition coefficient (Wildman–Crippen LogP) is 3.35. The summed E-state index contributed by atoms with van der Waals surface area (Å²) in [5.74, 6) is 0.546. The molecule has 2 aliphatic rings. The molecule has 0 spiro atoms. The van der Waals surface area contributed by atoms with Gasteiger partial charge in [-0.1, -0.05) is 17.7 Å². The van der Waals surface area contributed by atoms with Gasteiger partial charge in [0.05, 0.1) is 6.04 Å². The molecule has 0 aromatic heterocycles. The maximum Gasteiger partial charge on any atom is 0.129 e. The molecule has 0 heterocycles. The van der Waals surface area contributed by atoms with Crippen molar-refractivity contribution < 1.29 is 4.39 Å². The zero-order valence-corrected chi connectivity index (χ0v) is 11.7. The van der Waals surface area contributed by atoms with Crippen molar-refractivity contribution in [3.63, 3.8) is 0 Å². The average Bonchev–Trinajstić information content (AvgIpc) is 3.26. The fourth-order valence-corrected chi connectivity index (χ4v) is 3.07. The van der Waals surface area contributed by atoms with Crippen LogP contribution in [0.15, 0.2) is 18.2 Å². The van der Waals surface area contributed by atoms with Gasteiger partial charge in [0, 0.05) is 29.7 Å². The maximum absolute atomic E-state index is 14.1. The SMILES string of the molecule is NCC(c1c(F)cccc1Cl)N(CC1CC1)C1CC1. The van der Waals surface area contributed by atoms with Crippen LogP contribution in [0, 0.1) is 11.7 Å². The van der Waals surface area contributed by atoms with Crippen LogP contribution >= 0.6 is 11.6 Å². The van der Waals surface area contributed by atoms with Gasteiger partial charge in [-0.25, -0.2) is 4.39 Å². The highest BCUT2D eigenvalue weighted by Crippen LogP contribution is 2.41. The van der Waals surface area contributed by atoms with E-state index in [9.17, 15) is 4.39 Å². The fraction of sp³-hybridized carbons (Fsp3) is 0.600. The van der Waals surface area contributed by atoms with Gasteiger partial charge in [0.2, 0.25) is 0 Å². The van der Waals surface area contributed by atoms with E-state index < -0.39 is 0 Å². The van der Waals surface area contributed by atoms with Gasteiger partial charge in [-0.15, -0.1) is 0 Å². The van der Waals surface area contributed by atoms with Gasteiger partial charge in [-0.05, 0) is 43.7 Å². The third-order valence-corrected chi connectivity index (χ3v) is 4.47. The van der Waals surface area contributed by atoms with Crippen LogP contribution in [0.2, 0.25) is 5.02 Å². The summed E-state index contributed by atoms with van der Waals surface area (Å²) in [6.07, 6.45) is 5.00. The maximum atomic E-state index is 14.1. The Labute approximate surface area is 118 Å². The van der Waals surface area contributed by atoms with Gasteiger partial charge in [0.15, 0.2) is 0 Å². The third kappa shape index (κ3) is 2.93. The molecule has 0 bridgehead atoms. The van der Waals surface area contributed by atoms with Crippen molar-refractivity contribution in [2.24, 2.45) is 11.7 Å². The van der Waals surface area contributed by atoms with E-state index in [4.69, 9.17) is 17.3 Å². The Morgan fingerprint density at radius 3 is 2.58 bits per heavy atom. The normalized spacial score (nSPS) is 20.8. The van der Waals surface area contributed by atoms with Crippen LogP contribution in [0.3, 0.4) is 0 Å². The van der Waals surface area contributed by atoms with Crippen molar-refractivity contribution in [1.29, 1.82) is 0 Å². The van der Waals surface area contributed by atoms with E-state index in [-0.39, 0.29) is 11.9 Å². The zero-order valence-electron chi connectivity index (χ0n) is 11.0. The highest BCUT2D eigenvalue weighted by Gasteiger charge is 2.38. The standard InChI is InChI=1S/C15H20ClFN2/c16-12-2-1-3-13(17)15(12)14(8-18)19(11-6-7-11)9-10-4-5-10/h1-3,10-11,14H,4-9,18H2. The van der Waals surface area contributed by atoms with E-state index >= 15 is 0 Å². The minimum absolute atomic E-state index is 0.0817. The van der Waals surface area contributed by atoms with E-state index in [0.717, 1.165) is 12.5 Å². The quantitative estimate of drug-likeness (QED) is 0.867. The molecule has 3 rings (SSSR count). The molecular weight excluding hydrogens is 263 g/mol. The molecular formula is C15H20ClFN2. The topological polar surface area (TPSA) is 29.3 Å². The molecule has 2 fully saturated rings. The van der Waals surface area contributed by atoms with Crippen LogP contribution in [0.1, 0.15) is 37.3 Å². The van der Waals surface area contributed by atoms with Gasteiger partial charge in [0.25, 0.3) is 0 Å². The number of nitrogens with two attached hydrogens (primary N) is 1. The molecule has 1 aromatic carbocycles. The van der Waals surface area contributed by atoms with Crippen LogP contribution in [-0.4, -0.2) is 24.0 Å². The van der Waals surface area contributed by atoms with Crippen LogP contribution in [0.25, 0.3) is 0 Å². The number of nitrogens with zero attached hydrogens (tertiary/aromatic N) is 1. The van der Waals surface area contributed by atoms with Gasteiger partial charge in [0.1, 0.15) is 5.82 Å². The molecule has 1 atom stereocenters. The molecule has 2 aliphatic carbocycles. The van der Waals surface area contributed by atoms with Crippen LogP contribution in [0.5, 0.6) is 0 Å². The first kappa shape index (κ1) is 13.3. The number of halogens is 2. The monoisotopic (exact) mass is 282 g/mol. The summed E-state index contributed by atoms with van der Waals surface area (Å²) in [7, 11) is 0. The van der Waals surface area contributed by atoms with Crippen molar-refractivity contribution in [3.05, 3.63) is 34.6 Å². The minimum atomic E-state index is -0.232. The third-order valence-electron chi connectivity index (χ3n) is 4.14. The van der Waals surface area contributed by atoms with Crippen LogP contribution in [0.4, 0.5) is 4.39 Å². The first-order chi connectivity index (χ1) is 9.20. The highest BCUT2D eigenvalue weighted by molar-refractivity contribution is 6.31. The Hall–Kier alpha value is -0.640. The van der Waals surface area contributed by atoms with Crippen LogP contribution < -0.4 is 5.73 Å². The molecule has 104 valence electrons. The number of hydrogen-bond donors (Lipinski definition) is 1. The lowest BCUT2D eigenvalue weighted by Gasteiger charge is -2.32. The van der Waals surface area contributed by atoms with Crippen molar-refractivity contribution in [3.8, 4) is 0 Å². The molecule has 4 heteroatoms. The van der Waals surface area contributed by atoms with E-state index in [1.54, 1.807) is 12.1 Å². The van der Waals surface area contributed by atoms with Gasteiger partial charge >= 0.3 is 0 Å². The molecule has 2 saturated carbocycles. The van der Waals surface area contributed by atoms with Gasteiger partial charge in [-0.3, -0.25) is 4.90 Å². The number of rotatable bonds is 6. The zero-order chi connectivity index (χ0) is 13.4. The van der Waals surface area contributed by atoms with E-state index in [1.165, 1.54) is 31.7 Å². The van der Waals surface area contributed by atoms with E-state index in [0.29, 0.717) is 23.2 Å². The smallest absolute Gasteiger partial charge is 0.129 e. The van der Waals surface area contributed by atoms with Crippen molar-refractivity contribution >= 4 is 11.6 Å². The second-order valence-electron chi connectivity index (χ2n) is 5.76. The summed E-state index contributed by atoms with van der Waals surface area (Å²) in [4.78, 5) is 2.39. The van der Waals surface area contributed by atoms with Crippen molar-refractivity contribution in [1.82, 2.24) is 4.90 Å². The second kappa shape index (κ2) is 5.39. The molecule has 0 radical (unpaired) electrons. The summed E-state index contributed by atoms with van der Waals surface area (Å²) in [5, 5.41) is 0.497. The molecule has 1 unspecified atom stereocenters. The Balaban J connectivity index is 1.88. The lowest BCUT2D eigenvalue weighted by atomic mass is 10.0. The van der Waals surface area contributed by atoms with Crippen molar-refractivity contribution in [2.75, 3.05) is 13.1 Å². The van der Waals surface area contributed by atoms with Gasteiger partial charge in [-0.2, -0.15) is 0 Å². The fourth-order valence-electron chi connectivity index (χ4n) is 2.78. The van der Waals surface area contributed by atoms with E-state index in [2.05, 4.69) is 4.90 Å². The highest BCUT2D eigenvalue weighted by atomic mass is 35.5. The summed E-state index contributed by atoms with van der Waals surface area (Å²) < 4.78 is 14.1. The summed E-state index contributed by atoms with van der Waals surface area (Å²) in [6, 6.07) is 5.38. The summed E-state index contributed by atoms with van der Waals surface area (Å²) in [6.45, 7) is 1.46. The lowest BCUT2D eigenvalue weighted by molar-refractivity contribution is 0.179. The molecule has 1 aromatic rings. The molecule has 19 heavy (non-hydrogen) atoms. The van der Waals surface area contributed by atoms with Crippen molar-refractivity contribution in [2.45, 2.75) is 37.8 Å². The average molecular weight is 283 g/mol. The second-order valence-corrected chi connectivity index (χ2v) is 6.17. The Bertz CT molecular complexity index is 437. The van der Waals surface area contributed by atoms with Gasteiger partial charge < -0.3 is 5.73 Å². The first-order valence-electron chi connectivity index (χ1n) is 7.10. The molecule has 0 aliphatic heterocycles. The van der Waals surface area contributed by atoms with Crippen LogP contribution in [-0.2, 0) is 0 Å². The number of hydrogen-bond acceptors (Lipinski definition) is 2. The number of benzene rings is 1. The lowest BCUT2D eigenvalue weighted by Crippen LogP contribution is -2.37. The Morgan fingerprint density at radius 1 is 1.32 bits per heavy atom. The molecule has 0 amide bonds. The summed E-state index contributed by atoms with van der Waals surface area (Å²) >= 11 is 6.20. The molecule has 2 N–H and O–H groups in total.